The lowest BCUT2D eigenvalue weighted by molar-refractivity contribution is -0.174. The summed E-state index contributed by atoms with van der Waals surface area (Å²) in [4.78, 5) is 57.3. The van der Waals surface area contributed by atoms with Crippen molar-refractivity contribution in [3.8, 4) is 5.75 Å². The molecule has 0 radical (unpaired) electrons. The molecule has 4 aliphatic heterocycles. The third kappa shape index (κ3) is 9.58. The number of piperazine rings is 2. The predicted octanol–water partition coefficient (Wildman–Crippen LogP) is 7.52. The molecule has 1 aromatic heterocycles. The van der Waals surface area contributed by atoms with Crippen molar-refractivity contribution >= 4 is 62.6 Å². The van der Waals surface area contributed by atoms with Crippen molar-refractivity contribution in [2.75, 3.05) is 101 Å². The van der Waals surface area contributed by atoms with Crippen LogP contribution >= 0.6 is 23.1 Å². The van der Waals surface area contributed by atoms with E-state index < -0.39 is 11.5 Å². The van der Waals surface area contributed by atoms with E-state index >= 15 is 4.79 Å². The minimum Gasteiger partial charge on any atom is -0.492 e. The Kier molecular flexibility index (Phi) is 14.2. The first kappa shape index (κ1) is 44.7. The number of piperidine rings is 1. The number of carbonyl (C=O) groups is 3. The quantitative estimate of drug-likeness (QED) is 0.0782. The lowest BCUT2D eigenvalue weighted by atomic mass is 9.71. The average Bonchev–Trinajstić information content (AvgIpc) is 4.03. The molecular weight excluding hydrogens is 846 g/mol. The summed E-state index contributed by atoms with van der Waals surface area (Å²) >= 11 is 7.87. The summed E-state index contributed by atoms with van der Waals surface area (Å²) in [6.45, 7) is 13.0. The maximum Gasteiger partial charge on any atom is 0.336 e. The first-order chi connectivity index (χ1) is 31.3. The van der Waals surface area contributed by atoms with E-state index in [1.165, 1.54) is 10.1 Å². The Morgan fingerprint density at radius 2 is 1.44 bits per heavy atom. The van der Waals surface area contributed by atoms with Crippen LogP contribution in [-0.2, 0) is 9.59 Å². The van der Waals surface area contributed by atoms with Gasteiger partial charge < -0.3 is 19.4 Å². The van der Waals surface area contributed by atoms with E-state index in [2.05, 4.69) is 61.9 Å². The van der Waals surface area contributed by atoms with Crippen molar-refractivity contribution in [3.63, 3.8) is 0 Å². The van der Waals surface area contributed by atoms with Gasteiger partial charge in [-0.1, -0.05) is 67.8 Å². The van der Waals surface area contributed by atoms with E-state index in [1.807, 2.05) is 58.4 Å². The smallest absolute Gasteiger partial charge is 0.336 e. The predicted molar refractivity (Wildman–Crippen MR) is 255 cm³/mol. The summed E-state index contributed by atoms with van der Waals surface area (Å²) in [5.74, 6) is 1.67. The highest BCUT2D eigenvalue weighted by molar-refractivity contribution is 7.13. The van der Waals surface area contributed by atoms with Crippen molar-refractivity contribution in [3.05, 3.63) is 83.9 Å². The normalized spacial score (nSPS) is 22.5. The standard InChI is InChI=1S/C49H64ClN9O4S/c1-2-43-56(34-35-63-40-16-4-3-5-17-40)48(62)58(25-13-23-53-26-30-54(31-27-53)39-15-12-14-38(50)36-39)59(43)45-47(61)57(44(60)37-49(45)20-8-9-21-49)24-11-10-22-52-28-32-55(33-29-52)46-41-18-6-7-19-42(41)64-51-46/h3-7,12,14-19,36,43,45H,2,8-11,13,20-35,37H2,1H3. The molecule has 2 unspecified atom stereocenters. The number of carbonyl (C=O) groups excluding carboxylic acids is 3. The fraction of sp³-hybridized carbons (Fsp3) is 0.551. The zero-order valence-electron chi connectivity index (χ0n) is 37.4. The lowest BCUT2D eigenvalue weighted by Gasteiger charge is -2.50. The molecule has 4 saturated heterocycles. The molecule has 0 bridgehead atoms. The van der Waals surface area contributed by atoms with Crippen LogP contribution in [0.2, 0.25) is 5.02 Å². The summed E-state index contributed by atoms with van der Waals surface area (Å²) in [6, 6.07) is 25.5. The molecule has 4 amide bonds. The van der Waals surface area contributed by atoms with Gasteiger partial charge in [-0.15, -0.1) is 0 Å². The lowest BCUT2D eigenvalue weighted by Crippen LogP contribution is -2.67. The highest BCUT2D eigenvalue weighted by atomic mass is 35.5. The Balaban J connectivity index is 0.862. The summed E-state index contributed by atoms with van der Waals surface area (Å²) in [5, 5.41) is 6.02. The number of ether oxygens (including phenoxy) is 1. The SMILES string of the molecule is CCC1N(CCOc2ccccc2)C(=O)N(CCCN2CCN(c3cccc(Cl)c3)CC2)N1C1C(=O)N(CCCCN2CCN(c3nsc4ccccc34)CC2)C(=O)CC12CCCC2. The molecule has 13 nitrogen and oxygen atoms in total. The van der Waals surface area contributed by atoms with Crippen molar-refractivity contribution in [1.82, 2.24) is 34.0 Å². The number of hydrogen-bond acceptors (Lipinski definition) is 11. The number of anilines is 2. The summed E-state index contributed by atoms with van der Waals surface area (Å²) in [5.41, 5.74) is 0.653. The molecule has 342 valence electrons. The monoisotopic (exact) mass is 909 g/mol. The summed E-state index contributed by atoms with van der Waals surface area (Å²) in [7, 11) is 0. The fourth-order valence-corrected chi connectivity index (χ4v) is 12.0. The van der Waals surface area contributed by atoms with E-state index in [4.69, 9.17) is 20.7 Å². The second-order valence-corrected chi connectivity index (χ2v) is 19.5. The van der Waals surface area contributed by atoms with Crippen LogP contribution in [0.1, 0.15) is 64.7 Å². The molecule has 1 saturated carbocycles. The van der Waals surface area contributed by atoms with Crippen LogP contribution in [-0.4, -0.2) is 156 Å². The molecule has 1 spiro atoms. The first-order valence-electron chi connectivity index (χ1n) is 23.7. The molecule has 2 atom stereocenters. The maximum absolute atomic E-state index is 15.2. The zero-order valence-corrected chi connectivity index (χ0v) is 38.9. The van der Waals surface area contributed by atoms with Crippen molar-refractivity contribution in [1.29, 1.82) is 0 Å². The number of halogens is 1. The second kappa shape index (κ2) is 20.4. The molecule has 15 heteroatoms. The molecule has 5 fully saturated rings. The Hall–Kier alpha value is -4.47. The van der Waals surface area contributed by atoms with Gasteiger partial charge in [0.1, 0.15) is 30.4 Å². The van der Waals surface area contributed by atoms with E-state index in [9.17, 15) is 9.59 Å². The van der Waals surface area contributed by atoms with Gasteiger partial charge in [0.05, 0.1) is 11.2 Å². The van der Waals surface area contributed by atoms with Gasteiger partial charge in [0.15, 0.2) is 0 Å². The van der Waals surface area contributed by atoms with E-state index in [0.29, 0.717) is 39.1 Å². The van der Waals surface area contributed by atoms with Gasteiger partial charge in [-0.3, -0.25) is 29.3 Å². The summed E-state index contributed by atoms with van der Waals surface area (Å²) < 4.78 is 12.1. The number of fused-ring (bicyclic) bond motifs is 1. The molecule has 5 heterocycles. The number of hydrogen-bond donors (Lipinski definition) is 0. The molecule has 3 aromatic carbocycles. The third-order valence-electron chi connectivity index (χ3n) is 14.4. The van der Waals surface area contributed by atoms with Crippen LogP contribution in [0.3, 0.4) is 0 Å². The molecule has 4 aromatic rings. The summed E-state index contributed by atoms with van der Waals surface area (Å²) in [6.07, 6.45) is 6.70. The molecule has 64 heavy (non-hydrogen) atoms. The number of hydrazine groups is 1. The minimum atomic E-state index is -0.585. The number of unbranched alkanes of at least 4 members (excludes halogenated alkanes) is 1. The number of rotatable bonds is 17. The third-order valence-corrected chi connectivity index (χ3v) is 15.4. The van der Waals surface area contributed by atoms with Gasteiger partial charge in [-0.05, 0) is 99.1 Å². The van der Waals surface area contributed by atoms with Gasteiger partial charge >= 0.3 is 6.03 Å². The number of benzene rings is 3. The minimum absolute atomic E-state index is 0.0533. The van der Waals surface area contributed by atoms with E-state index in [1.54, 1.807) is 16.4 Å². The Morgan fingerprint density at radius 1 is 0.750 bits per heavy atom. The second-order valence-electron chi connectivity index (χ2n) is 18.3. The topological polar surface area (TPSA) is 99.2 Å². The van der Waals surface area contributed by atoms with Gasteiger partial charge in [0.25, 0.3) is 0 Å². The van der Waals surface area contributed by atoms with Gasteiger partial charge in [-0.25, -0.2) is 4.79 Å². The number of urea groups is 1. The van der Waals surface area contributed by atoms with Crippen LogP contribution in [0.5, 0.6) is 5.75 Å². The number of nitrogens with zero attached hydrogens (tertiary/aromatic N) is 9. The Labute approximate surface area is 387 Å². The Morgan fingerprint density at radius 3 is 2.17 bits per heavy atom. The molecule has 0 N–H and O–H groups in total. The molecule has 9 rings (SSSR count). The fourth-order valence-electron chi connectivity index (χ4n) is 11.1. The highest BCUT2D eigenvalue weighted by Crippen LogP contribution is 2.51. The molecular formula is C49H64ClN9O4S. The van der Waals surface area contributed by atoms with Crippen LogP contribution in [0.15, 0.2) is 78.9 Å². The van der Waals surface area contributed by atoms with E-state index in [0.717, 1.165) is 133 Å². The average molecular weight is 911 g/mol. The highest BCUT2D eigenvalue weighted by Gasteiger charge is 2.60. The van der Waals surface area contributed by atoms with Crippen molar-refractivity contribution < 1.29 is 19.1 Å². The van der Waals surface area contributed by atoms with Crippen molar-refractivity contribution in [2.45, 2.75) is 76.9 Å². The molecule has 5 aliphatic rings. The number of imide groups is 1. The number of likely N-dealkylation sites (tertiary alicyclic amines) is 1. The van der Waals surface area contributed by atoms with Crippen molar-refractivity contribution in [2.24, 2.45) is 5.41 Å². The van der Waals surface area contributed by atoms with Crippen LogP contribution in [0.4, 0.5) is 16.3 Å². The molecule has 1 aliphatic carbocycles. The van der Waals surface area contributed by atoms with Crippen LogP contribution < -0.4 is 14.5 Å². The van der Waals surface area contributed by atoms with E-state index in [-0.39, 0.29) is 24.0 Å². The van der Waals surface area contributed by atoms with Gasteiger partial charge in [0.2, 0.25) is 11.8 Å². The largest absolute Gasteiger partial charge is 0.492 e. The Bertz CT molecular complexity index is 2210. The van der Waals surface area contributed by atoms with Gasteiger partial charge in [-0.2, -0.15) is 9.38 Å². The first-order valence-corrected chi connectivity index (χ1v) is 24.9. The zero-order chi connectivity index (χ0) is 44.0. The van der Waals surface area contributed by atoms with Crippen LogP contribution in [0, 0.1) is 5.41 Å². The maximum atomic E-state index is 15.2. The van der Waals surface area contributed by atoms with Gasteiger partial charge in [0, 0.05) is 99.9 Å². The number of para-hydroxylation sites is 1. The van der Waals surface area contributed by atoms with Crippen LogP contribution in [0.25, 0.3) is 10.1 Å². The number of amides is 4. The number of aromatic nitrogens is 1.